The molecule has 29 heavy (non-hydrogen) atoms. The summed E-state index contributed by atoms with van der Waals surface area (Å²) >= 11 is 0. The normalized spacial score (nSPS) is 13.3. The van der Waals surface area contributed by atoms with Gasteiger partial charge < -0.3 is 9.84 Å². The Bertz CT molecular complexity index is 1210. The van der Waals surface area contributed by atoms with Crippen molar-refractivity contribution in [2.45, 2.75) is 0 Å². The molecule has 3 aromatic carbocycles. The van der Waals surface area contributed by atoms with Crippen molar-refractivity contribution >= 4 is 34.5 Å². The summed E-state index contributed by atoms with van der Waals surface area (Å²) in [6.07, 6.45) is 1.17. The van der Waals surface area contributed by atoms with Gasteiger partial charge in [0.1, 0.15) is 0 Å². The number of hydrogen-bond donors (Lipinski definition) is 1. The number of nitro benzene ring substituents is 1. The molecule has 0 unspecified atom stereocenters. The van der Waals surface area contributed by atoms with Crippen LogP contribution in [0.25, 0.3) is 10.8 Å². The van der Waals surface area contributed by atoms with Gasteiger partial charge in [-0.1, -0.05) is 12.1 Å². The smallest absolute Gasteiger partial charge is 0.282 e. The third-order valence-corrected chi connectivity index (χ3v) is 4.62. The van der Waals surface area contributed by atoms with Gasteiger partial charge in [-0.2, -0.15) is 10.1 Å². The first kappa shape index (κ1) is 18.1. The molecule has 1 N–H and O–H groups in total. The van der Waals surface area contributed by atoms with Gasteiger partial charge in [0, 0.05) is 17.0 Å². The predicted molar refractivity (Wildman–Crippen MR) is 103 cm³/mol. The van der Waals surface area contributed by atoms with Gasteiger partial charge in [0.15, 0.2) is 11.5 Å². The van der Waals surface area contributed by atoms with Crippen molar-refractivity contribution in [1.29, 1.82) is 0 Å². The molecule has 0 spiro atoms. The van der Waals surface area contributed by atoms with E-state index in [9.17, 15) is 24.8 Å². The zero-order valence-corrected chi connectivity index (χ0v) is 15.0. The summed E-state index contributed by atoms with van der Waals surface area (Å²) in [6.45, 7) is 0. The lowest BCUT2D eigenvalue weighted by molar-refractivity contribution is -0.383. The number of aromatic hydroxyl groups is 1. The van der Waals surface area contributed by atoms with Crippen LogP contribution in [-0.4, -0.2) is 40.2 Å². The molecule has 0 saturated carbocycles. The molecule has 4 rings (SSSR count). The van der Waals surface area contributed by atoms with E-state index in [-0.39, 0.29) is 44.6 Å². The number of para-hydroxylation sites is 1. The van der Waals surface area contributed by atoms with Crippen LogP contribution in [0.5, 0.6) is 11.5 Å². The lowest BCUT2D eigenvalue weighted by atomic mass is 9.94. The average molecular weight is 391 g/mol. The molecule has 2 amide bonds. The van der Waals surface area contributed by atoms with Crippen LogP contribution in [-0.2, 0) is 0 Å². The Kier molecular flexibility index (Phi) is 4.19. The fourth-order valence-corrected chi connectivity index (χ4v) is 3.26. The highest BCUT2D eigenvalue weighted by Crippen LogP contribution is 2.35. The fourth-order valence-electron chi connectivity index (χ4n) is 3.26. The maximum atomic E-state index is 12.9. The average Bonchev–Trinajstić information content (AvgIpc) is 2.72. The maximum Gasteiger partial charge on any atom is 0.282 e. The Morgan fingerprint density at radius 2 is 1.76 bits per heavy atom. The summed E-state index contributed by atoms with van der Waals surface area (Å²) < 4.78 is 5.02. The molecule has 0 fully saturated rings. The second-order valence-corrected chi connectivity index (χ2v) is 6.18. The van der Waals surface area contributed by atoms with Gasteiger partial charge in [0.05, 0.1) is 34.8 Å². The molecule has 144 valence electrons. The number of ether oxygens (including phenoxy) is 1. The van der Waals surface area contributed by atoms with Crippen molar-refractivity contribution in [2.24, 2.45) is 5.10 Å². The van der Waals surface area contributed by atoms with Crippen LogP contribution in [0.3, 0.4) is 0 Å². The first-order valence-electron chi connectivity index (χ1n) is 8.43. The molecule has 0 bridgehead atoms. The van der Waals surface area contributed by atoms with Gasteiger partial charge in [-0.25, -0.2) is 0 Å². The first-order valence-corrected chi connectivity index (χ1v) is 8.43. The molecule has 0 aliphatic carbocycles. The highest BCUT2D eigenvalue weighted by Gasteiger charge is 2.34. The van der Waals surface area contributed by atoms with Gasteiger partial charge in [-0.05, 0) is 30.3 Å². The maximum absolute atomic E-state index is 12.9. The zero-order valence-electron chi connectivity index (χ0n) is 15.0. The van der Waals surface area contributed by atoms with E-state index < -0.39 is 16.7 Å². The molecule has 0 saturated heterocycles. The van der Waals surface area contributed by atoms with Crippen LogP contribution in [0.1, 0.15) is 26.3 Å². The van der Waals surface area contributed by atoms with Crippen LogP contribution in [0.15, 0.2) is 53.6 Å². The zero-order chi connectivity index (χ0) is 20.7. The van der Waals surface area contributed by atoms with Crippen LogP contribution in [0, 0.1) is 10.1 Å². The predicted octanol–water partition coefficient (Wildman–Crippen LogP) is 3.09. The minimum Gasteiger partial charge on any atom is -0.504 e. The monoisotopic (exact) mass is 391 g/mol. The van der Waals surface area contributed by atoms with Crippen molar-refractivity contribution in [3.05, 3.63) is 75.3 Å². The second kappa shape index (κ2) is 6.71. The van der Waals surface area contributed by atoms with Gasteiger partial charge in [-0.3, -0.25) is 19.7 Å². The topological polar surface area (TPSA) is 122 Å². The largest absolute Gasteiger partial charge is 0.504 e. The van der Waals surface area contributed by atoms with Crippen molar-refractivity contribution in [2.75, 3.05) is 7.11 Å². The first-order chi connectivity index (χ1) is 13.9. The summed E-state index contributed by atoms with van der Waals surface area (Å²) in [6, 6.07) is 11.7. The number of methoxy groups -OCH3 is 1. The number of benzene rings is 3. The van der Waals surface area contributed by atoms with E-state index >= 15 is 0 Å². The summed E-state index contributed by atoms with van der Waals surface area (Å²) in [5, 5.41) is 26.5. The number of phenols is 1. The Morgan fingerprint density at radius 1 is 1.07 bits per heavy atom. The lowest BCUT2D eigenvalue weighted by Crippen LogP contribution is -2.36. The fraction of sp³-hybridized carbons (Fsp3) is 0.0500. The van der Waals surface area contributed by atoms with Crippen molar-refractivity contribution in [3.8, 4) is 11.5 Å². The number of nitro groups is 1. The number of hydrazone groups is 1. The van der Waals surface area contributed by atoms with E-state index in [1.165, 1.54) is 49.7 Å². The second-order valence-electron chi connectivity index (χ2n) is 6.18. The van der Waals surface area contributed by atoms with Gasteiger partial charge in [-0.15, -0.1) is 0 Å². The minimum atomic E-state index is -0.716. The number of hydrogen-bond acceptors (Lipinski definition) is 7. The van der Waals surface area contributed by atoms with Crippen molar-refractivity contribution < 1.29 is 24.4 Å². The summed E-state index contributed by atoms with van der Waals surface area (Å²) in [5.41, 5.74) is 0.322. The molecule has 3 aromatic rings. The standard InChI is InChI=1S/C20H13N3O6/c1-29-16-7-2-4-11(18(16)24)10-21-22-19(25)13-6-3-5-12-15(23(27)28)9-8-14(17(12)13)20(22)26/h2-10,24H,1H3/b21-10+. The highest BCUT2D eigenvalue weighted by atomic mass is 16.6. The van der Waals surface area contributed by atoms with Crippen molar-refractivity contribution in [1.82, 2.24) is 5.01 Å². The van der Waals surface area contributed by atoms with E-state index in [0.29, 0.717) is 5.01 Å². The lowest BCUT2D eigenvalue weighted by Gasteiger charge is -2.23. The quantitative estimate of drug-likeness (QED) is 0.316. The number of amides is 2. The molecule has 1 aliphatic heterocycles. The molecular formula is C20H13N3O6. The Labute approximate surface area is 163 Å². The molecule has 1 aliphatic rings. The molecule has 9 heteroatoms. The van der Waals surface area contributed by atoms with E-state index in [4.69, 9.17) is 4.74 Å². The molecule has 0 radical (unpaired) electrons. The van der Waals surface area contributed by atoms with E-state index in [1.54, 1.807) is 12.1 Å². The van der Waals surface area contributed by atoms with Crippen LogP contribution in [0.2, 0.25) is 0 Å². The van der Waals surface area contributed by atoms with Crippen molar-refractivity contribution in [3.63, 3.8) is 0 Å². The van der Waals surface area contributed by atoms with E-state index in [2.05, 4.69) is 5.10 Å². The van der Waals surface area contributed by atoms with E-state index in [0.717, 1.165) is 0 Å². The number of nitrogens with zero attached hydrogens (tertiary/aromatic N) is 3. The number of carbonyl (C=O) groups excluding carboxylic acids is 2. The number of non-ortho nitro benzene ring substituents is 1. The summed E-state index contributed by atoms with van der Waals surface area (Å²) in [7, 11) is 1.39. The molecule has 1 heterocycles. The van der Waals surface area contributed by atoms with Crippen LogP contribution >= 0.6 is 0 Å². The summed E-state index contributed by atoms with van der Waals surface area (Å²) in [5.74, 6) is -1.40. The molecule has 0 aromatic heterocycles. The molecule has 9 nitrogen and oxygen atoms in total. The Morgan fingerprint density at radius 3 is 2.45 bits per heavy atom. The van der Waals surface area contributed by atoms with Gasteiger partial charge >= 0.3 is 0 Å². The molecule has 0 atom stereocenters. The van der Waals surface area contributed by atoms with E-state index in [1.807, 2.05) is 0 Å². The number of phenolic OH excluding ortho intramolecular Hbond substituents is 1. The Balaban J connectivity index is 1.81. The van der Waals surface area contributed by atoms with Gasteiger partial charge in [0.25, 0.3) is 17.5 Å². The van der Waals surface area contributed by atoms with Crippen LogP contribution < -0.4 is 4.74 Å². The molecular weight excluding hydrogens is 378 g/mol. The van der Waals surface area contributed by atoms with Gasteiger partial charge in [0.2, 0.25) is 0 Å². The Hall–Kier alpha value is -4.27. The highest BCUT2D eigenvalue weighted by molar-refractivity contribution is 6.26. The minimum absolute atomic E-state index is 0.132. The number of imide groups is 1. The van der Waals surface area contributed by atoms with Crippen LogP contribution in [0.4, 0.5) is 5.69 Å². The third-order valence-electron chi connectivity index (χ3n) is 4.62. The third kappa shape index (κ3) is 2.76. The number of carbonyl (C=O) groups is 2. The SMILES string of the molecule is COc1cccc(/C=N/N2C(=O)c3cccc4c([N+](=O)[O-])ccc(c34)C2=O)c1O. The summed E-state index contributed by atoms with van der Waals surface area (Å²) in [4.78, 5) is 36.4. The number of rotatable bonds is 4.